The van der Waals surface area contributed by atoms with Crippen LogP contribution in [0.1, 0.15) is 5.56 Å². The molecule has 0 saturated heterocycles. The minimum absolute atomic E-state index is 0.153. The van der Waals surface area contributed by atoms with E-state index in [2.05, 4.69) is 10.2 Å². The van der Waals surface area contributed by atoms with Crippen molar-refractivity contribution in [3.63, 3.8) is 0 Å². The molecule has 3 rings (SSSR count). The van der Waals surface area contributed by atoms with E-state index in [-0.39, 0.29) is 11.4 Å². The second kappa shape index (κ2) is 3.00. The molecule has 0 fully saturated rings. The number of nitrogens with zero attached hydrogens (tertiary/aromatic N) is 2. The molecule has 0 saturated carbocycles. The number of nitrogen functional groups attached to an aromatic ring is 1. The van der Waals surface area contributed by atoms with Gasteiger partial charge < -0.3 is 10.8 Å². The molecule has 17 heavy (non-hydrogen) atoms. The quantitative estimate of drug-likeness (QED) is 0.531. The van der Waals surface area contributed by atoms with Gasteiger partial charge in [-0.15, -0.1) is 0 Å². The summed E-state index contributed by atoms with van der Waals surface area (Å²) >= 11 is 0. The highest BCUT2D eigenvalue weighted by atomic mass is 16.3. The van der Waals surface area contributed by atoms with E-state index in [4.69, 9.17) is 5.73 Å². The number of nitrogens with two attached hydrogens (primary N) is 1. The molecule has 0 amide bonds. The number of pyridine rings is 1. The number of phenolic OH excluding ortho intramolecular Hbond substituents is 1. The summed E-state index contributed by atoms with van der Waals surface area (Å²) in [5, 5.41) is 16.5. The molecule has 3 aromatic rings. The SMILES string of the molecule is Cc1cc2c(cc1O)c(N)cc1n[nH]c(=O)n12. The van der Waals surface area contributed by atoms with E-state index in [0.29, 0.717) is 27.8 Å². The molecule has 86 valence electrons. The molecule has 0 bridgehead atoms. The van der Waals surface area contributed by atoms with Crippen LogP contribution in [0.15, 0.2) is 23.0 Å². The smallest absolute Gasteiger partial charge is 0.348 e. The average Bonchev–Trinajstić information content (AvgIpc) is 2.63. The molecule has 6 nitrogen and oxygen atoms in total. The molecular formula is C11H10N4O2. The molecule has 6 heteroatoms. The Labute approximate surface area is 95.3 Å². The third-order valence-corrected chi connectivity index (χ3v) is 2.85. The summed E-state index contributed by atoms with van der Waals surface area (Å²) in [6.45, 7) is 1.76. The highest BCUT2D eigenvalue weighted by Crippen LogP contribution is 2.28. The number of aromatic hydroxyl groups is 1. The molecule has 0 aliphatic carbocycles. The first-order valence-electron chi connectivity index (χ1n) is 5.07. The Balaban J connectivity index is 2.68. The number of anilines is 1. The zero-order chi connectivity index (χ0) is 12.2. The zero-order valence-corrected chi connectivity index (χ0v) is 9.06. The van der Waals surface area contributed by atoms with Gasteiger partial charge in [-0.05, 0) is 24.6 Å². The van der Waals surface area contributed by atoms with Crippen LogP contribution >= 0.6 is 0 Å². The maximum atomic E-state index is 11.6. The van der Waals surface area contributed by atoms with Crippen LogP contribution in [0.5, 0.6) is 5.75 Å². The molecule has 1 aromatic carbocycles. The second-order valence-electron chi connectivity index (χ2n) is 3.98. The first kappa shape index (κ1) is 9.71. The van der Waals surface area contributed by atoms with E-state index in [9.17, 15) is 9.90 Å². The lowest BCUT2D eigenvalue weighted by Gasteiger charge is -2.07. The van der Waals surface area contributed by atoms with Crippen molar-refractivity contribution in [1.29, 1.82) is 0 Å². The lowest BCUT2D eigenvalue weighted by molar-refractivity contribution is 0.472. The van der Waals surface area contributed by atoms with Crippen LogP contribution in [0.2, 0.25) is 0 Å². The van der Waals surface area contributed by atoms with Gasteiger partial charge in [0.25, 0.3) is 0 Å². The van der Waals surface area contributed by atoms with Crippen molar-refractivity contribution in [3.05, 3.63) is 34.2 Å². The number of benzene rings is 1. The van der Waals surface area contributed by atoms with Gasteiger partial charge in [0.2, 0.25) is 0 Å². The molecular weight excluding hydrogens is 220 g/mol. The molecule has 0 atom stereocenters. The Morgan fingerprint density at radius 2 is 2.18 bits per heavy atom. The largest absolute Gasteiger partial charge is 0.508 e. The third kappa shape index (κ3) is 1.20. The molecule has 0 aliphatic heterocycles. The lowest BCUT2D eigenvalue weighted by atomic mass is 10.1. The monoisotopic (exact) mass is 230 g/mol. The minimum atomic E-state index is -0.324. The van der Waals surface area contributed by atoms with Gasteiger partial charge in [-0.2, -0.15) is 5.10 Å². The van der Waals surface area contributed by atoms with E-state index in [0.717, 1.165) is 0 Å². The molecule has 2 aromatic heterocycles. The molecule has 0 unspecified atom stereocenters. The van der Waals surface area contributed by atoms with Gasteiger partial charge in [0.05, 0.1) is 5.52 Å². The van der Waals surface area contributed by atoms with Crippen molar-refractivity contribution in [2.24, 2.45) is 0 Å². The maximum Gasteiger partial charge on any atom is 0.348 e. The summed E-state index contributed by atoms with van der Waals surface area (Å²) in [4.78, 5) is 11.6. The van der Waals surface area contributed by atoms with Gasteiger partial charge >= 0.3 is 5.69 Å². The van der Waals surface area contributed by atoms with E-state index in [1.54, 1.807) is 25.1 Å². The summed E-state index contributed by atoms with van der Waals surface area (Å²) in [7, 11) is 0. The van der Waals surface area contributed by atoms with Crippen molar-refractivity contribution in [2.45, 2.75) is 6.92 Å². The van der Waals surface area contributed by atoms with E-state index < -0.39 is 0 Å². The van der Waals surface area contributed by atoms with E-state index in [1.807, 2.05) is 0 Å². The number of phenols is 1. The fraction of sp³-hybridized carbons (Fsp3) is 0.0909. The molecule has 4 N–H and O–H groups in total. The zero-order valence-electron chi connectivity index (χ0n) is 9.06. The Kier molecular flexibility index (Phi) is 1.72. The van der Waals surface area contributed by atoms with E-state index in [1.165, 1.54) is 4.40 Å². The fourth-order valence-corrected chi connectivity index (χ4v) is 1.95. The number of nitrogens with one attached hydrogen (secondary N) is 1. The van der Waals surface area contributed by atoms with Gasteiger partial charge in [0.15, 0.2) is 5.65 Å². The molecule has 2 heterocycles. The lowest BCUT2D eigenvalue weighted by Crippen LogP contribution is -2.10. The van der Waals surface area contributed by atoms with Crippen LogP contribution in [0.4, 0.5) is 5.69 Å². The highest BCUT2D eigenvalue weighted by molar-refractivity contribution is 5.94. The number of aromatic nitrogens is 3. The molecule has 0 aliphatic rings. The van der Waals surface area contributed by atoms with Crippen LogP contribution in [-0.2, 0) is 0 Å². The number of H-pyrrole nitrogens is 1. The van der Waals surface area contributed by atoms with Crippen LogP contribution in [0, 0.1) is 6.92 Å². The topological polar surface area (TPSA) is 96.4 Å². The highest BCUT2D eigenvalue weighted by Gasteiger charge is 2.10. The van der Waals surface area contributed by atoms with Crippen molar-refractivity contribution in [2.75, 3.05) is 5.73 Å². The Morgan fingerprint density at radius 1 is 1.41 bits per heavy atom. The minimum Gasteiger partial charge on any atom is -0.508 e. The summed E-state index contributed by atoms with van der Waals surface area (Å²) in [5.74, 6) is 0.153. The van der Waals surface area contributed by atoms with E-state index >= 15 is 0 Å². The van der Waals surface area contributed by atoms with Crippen LogP contribution in [0.3, 0.4) is 0 Å². The summed E-state index contributed by atoms with van der Waals surface area (Å²) in [6.07, 6.45) is 0. The van der Waals surface area contributed by atoms with Gasteiger partial charge in [0.1, 0.15) is 5.75 Å². The number of rotatable bonds is 0. The van der Waals surface area contributed by atoms with Crippen molar-refractivity contribution in [3.8, 4) is 5.75 Å². The van der Waals surface area contributed by atoms with Gasteiger partial charge in [0, 0.05) is 17.1 Å². The molecule has 0 spiro atoms. The number of aryl methyl sites for hydroxylation is 1. The Morgan fingerprint density at radius 3 is 2.94 bits per heavy atom. The number of fused-ring (bicyclic) bond motifs is 3. The predicted molar refractivity (Wildman–Crippen MR) is 64.1 cm³/mol. The Hall–Kier alpha value is -2.50. The van der Waals surface area contributed by atoms with Gasteiger partial charge in [-0.1, -0.05) is 0 Å². The van der Waals surface area contributed by atoms with Crippen LogP contribution < -0.4 is 11.4 Å². The fourth-order valence-electron chi connectivity index (χ4n) is 1.95. The number of aromatic amines is 1. The first-order valence-corrected chi connectivity index (χ1v) is 5.07. The normalized spacial score (nSPS) is 11.4. The number of hydrogen-bond acceptors (Lipinski definition) is 4. The van der Waals surface area contributed by atoms with Gasteiger partial charge in [-0.3, -0.25) is 0 Å². The summed E-state index contributed by atoms with van der Waals surface area (Å²) in [5.41, 5.74) is 7.79. The Bertz CT molecular complexity index is 800. The third-order valence-electron chi connectivity index (χ3n) is 2.85. The van der Waals surface area contributed by atoms with Crippen molar-refractivity contribution >= 4 is 22.2 Å². The van der Waals surface area contributed by atoms with Gasteiger partial charge in [-0.25, -0.2) is 14.3 Å². The van der Waals surface area contributed by atoms with Crippen LogP contribution in [-0.4, -0.2) is 19.7 Å². The predicted octanol–water partition coefficient (Wildman–Crippen LogP) is 0.772. The van der Waals surface area contributed by atoms with Crippen molar-refractivity contribution < 1.29 is 5.11 Å². The first-order chi connectivity index (χ1) is 8.08. The second-order valence-corrected chi connectivity index (χ2v) is 3.98. The van der Waals surface area contributed by atoms with Crippen molar-refractivity contribution in [1.82, 2.24) is 14.6 Å². The average molecular weight is 230 g/mol. The summed E-state index contributed by atoms with van der Waals surface area (Å²) < 4.78 is 1.43. The standard InChI is InChI=1S/C11H10N4O2/c1-5-2-8-6(3-9(5)16)7(12)4-10-13-14-11(17)15(8)10/h2-4,16H,12H2,1H3,(H,14,17). The van der Waals surface area contributed by atoms with Crippen LogP contribution in [0.25, 0.3) is 16.6 Å². The maximum absolute atomic E-state index is 11.6. The summed E-state index contributed by atoms with van der Waals surface area (Å²) in [6, 6.07) is 4.86. The number of hydrogen-bond donors (Lipinski definition) is 3. The molecule has 0 radical (unpaired) electrons.